The zero-order chi connectivity index (χ0) is 14.8. The summed E-state index contributed by atoms with van der Waals surface area (Å²) in [7, 11) is 0. The average molecular weight is 290 g/mol. The minimum absolute atomic E-state index is 0.264. The SMILES string of the molecule is CCCN1CCC2(CC1)C(=C=N)C(=S)NC(=O)[C@@H]2C#N. The molecule has 0 aromatic rings. The highest BCUT2D eigenvalue weighted by Gasteiger charge is 2.52. The van der Waals surface area contributed by atoms with Gasteiger partial charge in [-0.3, -0.25) is 10.2 Å². The van der Waals surface area contributed by atoms with Crippen LogP contribution >= 0.6 is 12.2 Å². The summed E-state index contributed by atoms with van der Waals surface area (Å²) in [6.07, 6.45) is 2.45. The van der Waals surface area contributed by atoms with Gasteiger partial charge in [-0.05, 0) is 44.8 Å². The molecule has 6 heteroatoms. The number of nitriles is 1. The van der Waals surface area contributed by atoms with E-state index in [0.717, 1.165) is 26.1 Å². The zero-order valence-corrected chi connectivity index (χ0v) is 12.3. The number of amides is 1. The van der Waals surface area contributed by atoms with E-state index in [0.29, 0.717) is 18.4 Å². The van der Waals surface area contributed by atoms with E-state index < -0.39 is 11.3 Å². The first kappa shape index (κ1) is 14.9. The molecule has 2 heterocycles. The van der Waals surface area contributed by atoms with Crippen molar-refractivity contribution < 1.29 is 4.79 Å². The van der Waals surface area contributed by atoms with E-state index in [9.17, 15) is 10.1 Å². The maximum absolute atomic E-state index is 12.0. The number of nitrogens with one attached hydrogen (secondary N) is 2. The first-order valence-electron chi connectivity index (χ1n) is 6.86. The predicted octanol–water partition coefficient (Wildman–Crippen LogP) is 1.25. The van der Waals surface area contributed by atoms with Crippen LogP contribution in [0, 0.1) is 28.1 Å². The van der Waals surface area contributed by atoms with E-state index >= 15 is 0 Å². The van der Waals surface area contributed by atoms with Crippen LogP contribution in [0.1, 0.15) is 26.2 Å². The van der Waals surface area contributed by atoms with Gasteiger partial charge in [-0.15, -0.1) is 0 Å². The summed E-state index contributed by atoms with van der Waals surface area (Å²) >= 11 is 5.16. The summed E-state index contributed by atoms with van der Waals surface area (Å²) in [5, 5.41) is 19.4. The first-order valence-corrected chi connectivity index (χ1v) is 7.27. The molecule has 2 N–H and O–H groups in total. The molecule has 2 fully saturated rings. The monoisotopic (exact) mass is 290 g/mol. The maximum Gasteiger partial charge on any atom is 0.243 e. The Balaban J connectivity index is 2.34. The second-order valence-corrected chi connectivity index (χ2v) is 5.79. The molecule has 0 radical (unpaired) electrons. The lowest BCUT2D eigenvalue weighted by atomic mass is 9.62. The van der Waals surface area contributed by atoms with E-state index in [1.54, 1.807) is 0 Å². The van der Waals surface area contributed by atoms with Gasteiger partial charge < -0.3 is 10.2 Å². The van der Waals surface area contributed by atoms with Crippen molar-refractivity contribution in [3.8, 4) is 6.07 Å². The summed E-state index contributed by atoms with van der Waals surface area (Å²) in [4.78, 5) is 14.6. The molecule has 0 aromatic heterocycles. The van der Waals surface area contributed by atoms with Gasteiger partial charge in [0.15, 0.2) is 0 Å². The molecule has 1 atom stereocenters. The standard InChI is InChI=1S/C14H18N4OS/c1-2-5-18-6-3-14(4-7-18)10(8-15)12(19)17-13(20)11(14)9-16/h10,16H,2-7H2,1H3,(H,17,19,20)/t10-/m0/s1. The molecule has 2 rings (SSSR count). The van der Waals surface area contributed by atoms with Crippen molar-refractivity contribution in [2.45, 2.75) is 26.2 Å². The van der Waals surface area contributed by atoms with Crippen molar-refractivity contribution in [2.75, 3.05) is 19.6 Å². The number of carbonyl (C=O) groups excluding carboxylic acids is 1. The third-order valence-corrected chi connectivity index (χ3v) is 4.62. The largest absolute Gasteiger partial charge is 0.315 e. The lowest BCUT2D eigenvalue weighted by Crippen LogP contribution is -2.56. The first-order chi connectivity index (χ1) is 9.58. The molecule has 0 aromatic carbocycles. The molecule has 1 amide bonds. The van der Waals surface area contributed by atoms with Gasteiger partial charge in [0, 0.05) is 5.41 Å². The van der Waals surface area contributed by atoms with Crippen molar-refractivity contribution in [1.29, 1.82) is 10.7 Å². The summed E-state index contributed by atoms with van der Waals surface area (Å²) in [5.41, 5.74) is -0.102. The van der Waals surface area contributed by atoms with Crippen LogP contribution in [0.5, 0.6) is 0 Å². The van der Waals surface area contributed by atoms with Crippen molar-refractivity contribution in [3.05, 3.63) is 5.57 Å². The van der Waals surface area contributed by atoms with Crippen molar-refractivity contribution in [2.24, 2.45) is 11.3 Å². The molecule has 0 aliphatic carbocycles. The topological polar surface area (TPSA) is 80.0 Å². The molecule has 2 aliphatic rings. The van der Waals surface area contributed by atoms with E-state index in [-0.39, 0.29) is 10.9 Å². The Morgan fingerprint density at radius 1 is 1.55 bits per heavy atom. The second-order valence-electron chi connectivity index (χ2n) is 5.38. The number of rotatable bonds is 2. The third kappa shape index (κ3) is 2.29. The van der Waals surface area contributed by atoms with Gasteiger partial charge in [0.1, 0.15) is 10.9 Å². The third-order valence-electron chi connectivity index (χ3n) is 4.32. The minimum atomic E-state index is -0.772. The lowest BCUT2D eigenvalue weighted by Gasteiger charge is -2.46. The molecule has 0 saturated carbocycles. The molecule has 0 unspecified atom stereocenters. The minimum Gasteiger partial charge on any atom is -0.315 e. The van der Waals surface area contributed by atoms with Crippen LogP contribution in [0.2, 0.25) is 0 Å². The smallest absolute Gasteiger partial charge is 0.243 e. The Bertz CT molecular complexity index is 522. The summed E-state index contributed by atoms with van der Waals surface area (Å²) in [6.45, 7) is 4.81. The average Bonchev–Trinajstić information content (AvgIpc) is 2.42. The number of likely N-dealkylation sites (tertiary alicyclic amines) is 1. The zero-order valence-electron chi connectivity index (χ0n) is 11.5. The van der Waals surface area contributed by atoms with Crippen molar-refractivity contribution >= 4 is 29.0 Å². The van der Waals surface area contributed by atoms with Crippen LogP contribution in [-0.2, 0) is 4.79 Å². The molecule has 0 bridgehead atoms. The molecule has 5 nitrogen and oxygen atoms in total. The normalized spacial score (nSPS) is 26.0. The number of thiocarbonyl (C=S) groups is 1. The highest BCUT2D eigenvalue weighted by molar-refractivity contribution is 7.80. The Morgan fingerprint density at radius 3 is 2.70 bits per heavy atom. The van der Waals surface area contributed by atoms with Gasteiger partial charge in [-0.1, -0.05) is 19.1 Å². The van der Waals surface area contributed by atoms with Crippen LogP contribution in [0.4, 0.5) is 0 Å². The van der Waals surface area contributed by atoms with Crippen LogP contribution in [-0.4, -0.2) is 41.3 Å². The van der Waals surface area contributed by atoms with Crippen LogP contribution in [0.3, 0.4) is 0 Å². The van der Waals surface area contributed by atoms with Gasteiger partial charge in [0.25, 0.3) is 0 Å². The Kier molecular flexibility index (Phi) is 4.34. The molecule has 2 saturated heterocycles. The molecular formula is C14H18N4OS. The molecule has 106 valence electrons. The van der Waals surface area contributed by atoms with Crippen LogP contribution < -0.4 is 5.32 Å². The van der Waals surface area contributed by atoms with Crippen LogP contribution in [0.25, 0.3) is 0 Å². The number of carbonyl (C=O) groups is 1. The fraction of sp³-hybridized carbons (Fsp3) is 0.643. The van der Waals surface area contributed by atoms with E-state index in [2.05, 4.69) is 29.1 Å². The van der Waals surface area contributed by atoms with E-state index in [1.165, 1.54) is 0 Å². The number of hydrogen-bond acceptors (Lipinski definition) is 5. The lowest BCUT2D eigenvalue weighted by molar-refractivity contribution is -0.126. The number of piperidine rings is 2. The molecule has 1 spiro atoms. The van der Waals surface area contributed by atoms with Gasteiger partial charge in [-0.2, -0.15) is 5.26 Å². The fourth-order valence-corrected chi connectivity index (χ4v) is 3.62. The Hall–Kier alpha value is -1.54. The molecule has 2 aliphatic heterocycles. The number of nitrogens with zero attached hydrogens (tertiary/aromatic N) is 2. The van der Waals surface area contributed by atoms with Gasteiger partial charge in [0.05, 0.1) is 11.6 Å². The predicted molar refractivity (Wildman–Crippen MR) is 79.5 cm³/mol. The summed E-state index contributed by atoms with van der Waals surface area (Å²) in [5.74, 6) is 1.28. The van der Waals surface area contributed by atoms with Gasteiger partial charge >= 0.3 is 0 Å². The van der Waals surface area contributed by atoms with Gasteiger partial charge in [-0.25, -0.2) is 0 Å². The van der Waals surface area contributed by atoms with E-state index in [4.69, 9.17) is 17.6 Å². The summed E-state index contributed by atoms with van der Waals surface area (Å²) < 4.78 is 0. The quantitative estimate of drug-likeness (QED) is 0.456. The Labute approximate surface area is 124 Å². The van der Waals surface area contributed by atoms with Crippen LogP contribution in [0.15, 0.2) is 5.57 Å². The second kappa shape index (κ2) is 5.84. The Morgan fingerprint density at radius 2 is 2.20 bits per heavy atom. The molecule has 20 heavy (non-hydrogen) atoms. The highest BCUT2D eigenvalue weighted by Crippen LogP contribution is 2.46. The van der Waals surface area contributed by atoms with Crippen molar-refractivity contribution in [1.82, 2.24) is 10.2 Å². The fourth-order valence-electron chi connectivity index (χ4n) is 3.26. The number of hydrogen-bond donors (Lipinski definition) is 2. The van der Waals surface area contributed by atoms with Crippen molar-refractivity contribution in [3.63, 3.8) is 0 Å². The highest BCUT2D eigenvalue weighted by atomic mass is 32.1. The maximum atomic E-state index is 12.0. The molecular weight excluding hydrogens is 272 g/mol. The summed E-state index contributed by atoms with van der Waals surface area (Å²) in [6, 6.07) is 2.11. The van der Waals surface area contributed by atoms with Gasteiger partial charge in [0.2, 0.25) is 5.91 Å². The van der Waals surface area contributed by atoms with E-state index in [1.807, 2.05) is 0 Å².